The van der Waals surface area contributed by atoms with E-state index in [0.29, 0.717) is 22.7 Å². The molecule has 0 radical (unpaired) electrons. The molecule has 1 aromatic heterocycles. The van der Waals surface area contributed by atoms with Crippen molar-refractivity contribution in [3.05, 3.63) is 57.8 Å². The van der Waals surface area contributed by atoms with Gasteiger partial charge in [0.15, 0.2) is 5.75 Å². The van der Waals surface area contributed by atoms with Crippen LogP contribution in [-0.4, -0.2) is 21.2 Å². The van der Waals surface area contributed by atoms with Crippen molar-refractivity contribution in [3.8, 4) is 5.75 Å². The fourth-order valence-corrected chi connectivity index (χ4v) is 4.21. The van der Waals surface area contributed by atoms with Crippen LogP contribution in [0.4, 0.5) is 0 Å². The van der Waals surface area contributed by atoms with E-state index in [4.69, 9.17) is 0 Å². The maximum Gasteiger partial charge on any atom is 0.340 e. The van der Waals surface area contributed by atoms with Crippen LogP contribution < -0.4 is 10.6 Å². The van der Waals surface area contributed by atoms with Gasteiger partial charge in [-0.05, 0) is 50.2 Å². The van der Waals surface area contributed by atoms with Crippen LogP contribution in [-0.2, 0) is 0 Å². The number of nitrogens with zero attached hydrogens (tertiary/aromatic N) is 1. The molecule has 1 aliphatic carbocycles. The van der Waals surface area contributed by atoms with E-state index < -0.39 is 5.97 Å². The van der Waals surface area contributed by atoms with Crippen LogP contribution in [0.1, 0.15) is 69.4 Å². The molecular formula is C23H29NO3. The molecule has 0 aromatic carbocycles. The zero-order chi connectivity index (χ0) is 20.4. The van der Waals surface area contributed by atoms with Crippen molar-refractivity contribution in [3.63, 3.8) is 0 Å². The number of rotatable bonds is 4. The van der Waals surface area contributed by atoms with E-state index in [1.54, 1.807) is 19.1 Å². The van der Waals surface area contributed by atoms with Gasteiger partial charge in [0.05, 0.1) is 11.0 Å². The molecule has 0 saturated heterocycles. The summed E-state index contributed by atoms with van der Waals surface area (Å²) in [6, 6.07) is 0. The molecule has 0 saturated carbocycles. The van der Waals surface area contributed by atoms with Crippen LogP contribution in [0.5, 0.6) is 5.75 Å². The molecule has 0 fully saturated rings. The molecular weight excluding hydrogens is 338 g/mol. The highest BCUT2D eigenvalue weighted by atomic mass is 16.4. The van der Waals surface area contributed by atoms with E-state index >= 15 is 0 Å². The normalized spacial score (nSPS) is 21.1. The van der Waals surface area contributed by atoms with E-state index in [1.807, 2.05) is 26.0 Å². The number of aromatic hydroxyl groups is 1. The summed E-state index contributed by atoms with van der Waals surface area (Å²) in [7, 11) is 0. The molecule has 4 heteroatoms. The van der Waals surface area contributed by atoms with Crippen molar-refractivity contribution < 1.29 is 15.0 Å². The van der Waals surface area contributed by atoms with Gasteiger partial charge in [-0.25, -0.2) is 9.78 Å². The number of aromatic nitrogens is 1. The molecule has 1 unspecified atom stereocenters. The first-order chi connectivity index (χ1) is 12.7. The molecule has 2 N–H and O–H groups in total. The Bertz CT molecular complexity index is 949. The Morgan fingerprint density at radius 2 is 1.93 bits per heavy atom. The van der Waals surface area contributed by atoms with E-state index in [1.165, 1.54) is 5.57 Å². The van der Waals surface area contributed by atoms with Crippen molar-refractivity contribution in [1.82, 2.24) is 4.98 Å². The number of carboxylic acid groups (broad SMARTS) is 1. The van der Waals surface area contributed by atoms with Crippen LogP contribution in [0.25, 0.3) is 12.2 Å². The number of carboxylic acids is 1. The molecule has 4 nitrogen and oxygen atoms in total. The molecule has 144 valence electrons. The minimum Gasteiger partial charge on any atom is -0.505 e. The lowest BCUT2D eigenvalue weighted by Crippen LogP contribution is -2.36. The van der Waals surface area contributed by atoms with Gasteiger partial charge in [0.25, 0.3) is 0 Å². The van der Waals surface area contributed by atoms with Crippen molar-refractivity contribution in [2.75, 3.05) is 0 Å². The molecule has 0 amide bonds. The summed E-state index contributed by atoms with van der Waals surface area (Å²) in [6.07, 6.45) is 10.9. The number of hydrogen-bond acceptors (Lipinski definition) is 3. The quantitative estimate of drug-likeness (QED) is 0.842. The second kappa shape index (κ2) is 7.95. The summed E-state index contributed by atoms with van der Waals surface area (Å²) in [5.74, 6) is -1.43. The molecule has 2 rings (SSSR count). The second-order valence-electron chi connectivity index (χ2n) is 7.53. The average molecular weight is 367 g/mol. The Labute approximate surface area is 161 Å². The Hall–Kier alpha value is -2.62. The summed E-state index contributed by atoms with van der Waals surface area (Å²) >= 11 is 0. The van der Waals surface area contributed by atoms with Crippen molar-refractivity contribution >= 4 is 18.1 Å². The minimum atomic E-state index is -1.14. The lowest BCUT2D eigenvalue weighted by molar-refractivity contribution is 0.0691. The van der Waals surface area contributed by atoms with Crippen molar-refractivity contribution in [1.29, 1.82) is 0 Å². The standard InChI is InChI=1S/C23H29NO3/c1-7-11-14-12-15(13-23(5,6)17(14)9-3)20-21(25)19(22(26)27)16(8-2)18(10-4)24-20/h7-11,15,25H,3,12-13H2,1-2,4-6H3,(H,26,27)/b11-7-,16-8+,18-10+. The van der Waals surface area contributed by atoms with Gasteiger partial charge in [0.1, 0.15) is 5.56 Å². The first-order valence-corrected chi connectivity index (χ1v) is 9.29. The first-order valence-electron chi connectivity index (χ1n) is 9.29. The van der Waals surface area contributed by atoms with E-state index in [9.17, 15) is 15.0 Å². The van der Waals surface area contributed by atoms with Crippen LogP contribution in [0.3, 0.4) is 0 Å². The molecule has 0 spiro atoms. The third kappa shape index (κ3) is 3.75. The molecule has 0 bridgehead atoms. The van der Waals surface area contributed by atoms with Crippen LogP contribution in [0.15, 0.2) is 36.0 Å². The number of carbonyl (C=O) groups is 1. The molecule has 1 aliphatic rings. The highest BCUT2D eigenvalue weighted by Crippen LogP contribution is 2.48. The maximum absolute atomic E-state index is 11.8. The van der Waals surface area contributed by atoms with Crippen LogP contribution >= 0.6 is 0 Å². The Morgan fingerprint density at radius 1 is 1.26 bits per heavy atom. The Balaban J connectivity index is 2.77. The largest absolute Gasteiger partial charge is 0.505 e. The fraction of sp³-hybridized carbons (Fsp3) is 0.391. The predicted octanol–water partition coefficient (Wildman–Crippen LogP) is 4.05. The Morgan fingerprint density at radius 3 is 2.41 bits per heavy atom. The summed E-state index contributed by atoms with van der Waals surface area (Å²) in [5, 5.41) is 21.6. The lowest BCUT2D eigenvalue weighted by Gasteiger charge is -2.38. The first kappa shape index (κ1) is 20.7. The van der Waals surface area contributed by atoms with Crippen LogP contribution in [0, 0.1) is 5.41 Å². The van der Waals surface area contributed by atoms with Gasteiger partial charge in [0, 0.05) is 11.1 Å². The van der Waals surface area contributed by atoms with Crippen molar-refractivity contribution in [2.24, 2.45) is 5.41 Å². The van der Waals surface area contributed by atoms with Gasteiger partial charge < -0.3 is 10.2 Å². The lowest BCUT2D eigenvalue weighted by atomic mass is 9.67. The summed E-state index contributed by atoms with van der Waals surface area (Å²) < 4.78 is 0. The summed E-state index contributed by atoms with van der Waals surface area (Å²) in [5.41, 5.74) is 2.59. The molecule has 27 heavy (non-hydrogen) atoms. The minimum absolute atomic E-state index is 0.0699. The van der Waals surface area contributed by atoms with Gasteiger partial charge in [-0.1, -0.05) is 50.8 Å². The number of allylic oxidation sites excluding steroid dienone is 5. The Kier molecular flexibility index (Phi) is 6.09. The fourth-order valence-electron chi connectivity index (χ4n) is 4.21. The van der Waals surface area contributed by atoms with Crippen molar-refractivity contribution in [2.45, 2.75) is 53.4 Å². The van der Waals surface area contributed by atoms with Gasteiger partial charge >= 0.3 is 5.97 Å². The molecule has 1 atom stereocenters. The number of pyridine rings is 1. The van der Waals surface area contributed by atoms with Gasteiger partial charge in [0.2, 0.25) is 0 Å². The highest BCUT2D eigenvalue weighted by molar-refractivity contribution is 5.91. The zero-order valence-corrected chi connectivity index (χ0v) is 16.8. The van der Waals surface area contributed by atoms with Gasteiger partial charge in [-0.15, -0.1) is 0 Å². The highest BCUT2D eigenvalue weighted by Gasteiger charge is 2.36. The monoisotopic (exact) mass is 367 g/mol. The van der Waals surface area contributed by atoms with E-state index in [2.05, 4.69) is 31.5 Å². The third-order valence-corrected chi connectivity index (χ3v) is 5.30. The number of aromatic carboxylic acids is 1. The molecule has 0 aliphatic heterocycles. The topological polar surface area (TPSA) is 70.4 Å². The SMILES string of the molecule is C=CC1=C(/C=C\C)CC(c2nc(=C/C)/c(=C\C)c(C(=O)O)c2O)CC1(C)C. The summed E-state index contributed by atoms with van der Waals surface area (Å²) in [6.45, 7) is 13.8. The molecule has 1 heterocycles. The maximum atomic E-state index is 11.8. The van der Waals surface area contributed by atoms with E-state index in [-0.39, 0.29) is 22.6 Å². The zero-order valence-electron chi connectivity index (χ0n) is 16.8. The van der Waals surface area contributed by atoms with E-state index in [0.717, 1.165) is 12.0 Å². The second-order valence-corrected chi connectivity index (χ2v) is 7.53. The average Bonchev–Trinajstić information content (AvgIpc) is 2.60. The predicted molar refractivity (Wildman–Crippen MR) is 110 cm³/mol. The van der Waals surface area contributed by atoms with Gasteiger partial charge in [-0.3, -0.25) is 0 Å². The van der Waals surface area contributed by atoms with Gasteiger partial charge in [-0.2, -0.15) is 0 Å². The summed E-state index contributed by atoms with van der Waals surface area (Å²) in [4.78, 5) is 16.5. The number of hydrogen-bond donors (Lipinski definition) is 2. The smallest absolute Gasteiger partial charge is 0.340 e. The molecule has 1 aromatic rings. The third-order valence-electron chi connectivity index (χ3n) is 5.30. The van der Waals surface area contributed by atoms with Crippen LogP contribution in [0.2, 0.25) is 0 Å².